The first-order valence-corrected chi connectivity index (χ1v) is 28.2. The van der Waals surface area contributed by atoms with Gasteiger partial charge in [-0.3, -0.25) is 19.1 Å². The van der Waals surface area contributed by atoms with Crippen LogP contribution in [0.15, 0.2) is 98.1 Å². The third-order valence-electron chi connectivity index (χ3n) is 12.4. The molecule has 4 atom stereocenters. The Morgan fingerprint density at radius 1 is 0.474 bits per heavy atom. The number of aryl methyl sites for hydroxylation is 4. The van der Waals surface area contributed by atoms with E-state index in [4.69, 9.17) is 28.4 Å². The molecule has 8 aromatic rings. The van der Waals surface area contributed by atoms with Gasteiger partial charge in [0.2, 0.25) is 0 Å². The van der Waals surface area contributed by atoms with Gasteiger partial charge < -0.3 is 28.4 Å². The summed E-state index contributed by atoms with van der Waals surface area (Å²) in [6.07, 6.45) is 11.6. The molecule has 24 heteroatoms. The molecule has 0 N–H and O–H groups in total. The smallest absolute Gasteiger partial charge is 0.170 e. The van der Waals surface area contributed by atoms with Crippen LogP contribution in [0.5, 0.6) is 23.0 Å². The molecular formula is C54H64N12O10S2. The summed E-state index contributed by atoms with van der Waals surface area (Å²) in [4.78, 5) is 25.9. The molecule has 0 spiro atoms. The Hall–Kier alpha value is -7.80. The molecule has 2 aromatic carbocycles. The zero-order chi connectivity index (χ0) is 56.3. The number of aromatic nitrogens is 12. The highest BCUT2D eigenvalue weighted by molar-refractivity contribution is 7.91. The first-order chi connectivity index (χ1) is 37.4. The molecule has 0 saturated carbocycles. The summed E-state index contributed by atoms with van der Waals surface area (Å²) >= 11 is 0. The number of para-hydroxylation sites is 2. The summed E-state index contributed by atoms with van der Waals surface area (Å²) in [6.45, 7) is 14.9. The number of nitrogens with zero attached hydrogens (tertiary/aromatic N) is 12. The largest absolute Gasteiger partial charge is 0.494 e. The van der Waals surface area contributed by atoms with Crippen molar-refractivity contribution in [2.24, 2.45) is 0 Å². The zero-order valence-electron chi connectivity index (χ0n) is 45.6. The highest BCUT2D eigenvalue weighted by atomic mass is 32.2. The fourth-order valence-corrected chi connectivity index (χ4v) is 11.2. The van der Waals surface area contributed by atoms with E-state index in [1.54, 1.807) is 123 Å². The third kappa shape index (κ3) is 13.0. The molecule has 0 amide bonds. The molecule has 0 bridgehead atoms. The van der Waals surface area contributed by atoms with E-state index in [1.807, 2.05) is 39.8 Å². The summed E-state index contributed by atoms with van der Waals surface area (Å²) in [6, 6.07) is 14.4. The van der Waals surface area contributed by atoms with Crippen molar-refractivity contribution in [3.8, 4) is 57.1 Å². The van der Waals surface area contributed by atoms with Crippen molar-refractivity contribution in [3.63, 3.8) is 0 Å². The van der Waals surface area contributed by atoms with Crippen LogP contribution in [0.2, 0.25) is 0 Å². The van der Waals surface area contributed by atoms with Gasteiger partial charge in [0.25, 0.3) is 0 Å². The highest BCUT2D eigenvalue weighted by Gasteiger charge is 2.37. The van der Waals surface area contributed by atoms with E-state index in [0.717, 1.165) is 22.3 Å². The molecule has 0 aliphatic heterocycles. The lowest BCUT2D eigenvalue weighted by molar-refractivity contribution is 0.0555. The van der Waals surface area contributed by atoms with Gasteiger partial charge >= 0.3 is 0 Å². The second kappa shape index (κ2) is 25.6. The lowest BCUT2D eigenvalue weighted by Crippen LogP contribution is -2.30. The van der Waals surface area contributed by atoms with Gasteiger partial charge in [-0.15, -0.1) is 20.4 Å². The summed E-state index contributed by atoms with van der Waals surface area (Å²) < 4.78 is 92.9. The molecule has 8 rings (SSSR count). The number of methoxy groups -OCH3 is 4. The average Bonchev–Trinajstić information content (AvgIpc) is 4.04. The summed E-state index contributed by atoms with van der Waals surface area (Å²) in [5.74, 6) is 2.74. The Bertz CT molecular complexity index is 3270. The lowest BCUT2D eigenvalue weighted by atomic mass is 10.2. The van der Waals surface area contributed by atoms with E-state index in [2.05, 4.69) is 50.3 Å². The number of benzene rings is 2. The van der Waals surface area contributed by atoms with Crippen LogP contribution in [0.3, 0.4) is 0 Å². The van der Waals surface area contributed by atoms with Crippen molar-refractivity contribution in [1.82, 2.24) is 59.4 Å². The van der Waals surface area contributed by atoms with Crippen molar-refractivity contribution < 1.29 is 45.3 Å². The molecule has 0 saturated heterocycles. The second-order valence-corrected chi connectivity index (χ2v) is 22.8. The second-order valence-electron chi connectivity index (χ2n) is 18.1. The van der Waals surface area contributed by atoms with Crippen LogP contribution in [0, 0.1) is 27.7 Å². The predicted molar refractivity (Wildman–Crippen MR) is 291 cm³/mol. The standard InChI is InChI=1S/2C27H32N6O5S/c2*1-7-38-25(26-29-13-18(3)14-30-26)19(4)39(34,35)16-23-31-32-27(20-11-17(2)12-28-15-20)33(23)24-21(36-5)9-8-10-22(24)37-6/h2*8-15,19,25H,7,16H2,1-6H3/t2*19-,25-/m10/s1. The predicted octanol–water partition coefficient (Wildman–Crippen LogP) is 7.67. The topological polar surface area (TPSA) is 262 Å². The molecular weight excluding hydrogens is 1040 g/mol. The van der Waals surface area contributed by atoms with Gasteiger partial charge in [-0.05, 0) is 114 Å². The van der Waals surface area contributed by atoms with E-state index in [9.17, 15) is 16.8 Å². The van der Waals surface area contributed by atoms with Crippen LogP contribution in [-0.2, 0) is 40.7 Å². The average molecular weight is 1110 g/mol. The number of pyridine rings is 2. The van der Waals surface area contributed by atoms with Crippen LogP contribution in [0.25, 0.3) is 34.2 Å². The Balaban J connectivity index is 0.000000226. The van der Waals surface area contributed by atoms with Crippen molar-refractivity contribution in [2.75, 3.05) is 41.7 Å². The van der Waals surface area contributed by atoms with Gasteiger partial charge in [-0.2, -0.15) is 0 Å². The van der Waals surface area contributed by atoms with Crippen LogP contribution in [-0.4, -0.2) is 128 Å². The number of sulfone groups is 2. The van der Waals surface area contributed by atoms with Crippen molar-refractivity contribution in [1.29, 1.82) is 0 Å². The number of hydrogen-bond acceptors (Lipinski definition) is 20. The molecule has 0 aliphatic rings. The monoisotopic (exact) mass is 1100 g/mol. The first kappa shape index (κ1) is 57.9. The van der Waals surface area contributed by atoms with E-state index < -0.39 is 53.9 Å². The Kier molecular flexibility index (Phi) is 19.0. The number of hydrogen-bond donors (Lipinski definition) is 0. The first-order valence-electron chi connectivity index (χ1n) is 24.8. The van der Waals surface area contributed by atoms with Crippen LogP contribution in [0.4, 0.5) is 0 Å². The third-order valence-corrected chi connectivity index (χ3v) is 16.5. The molecule has 0 radical (unpaired) electrons. The highest BCUT2D eigenvalue weighted by Crippen LogP contribution is 2.39. The minimum Gasteiger partial charge on any atom is -0.494 e. The summed E-state index contributed by atoms with van der Waals surface area (Å²) in [5.41, 5.74) is 5.82. The summed E-state index contributed by atoms with van der Waals surface area (Å²) in [7, 11) is -1.61. The zero-order valence-corrected chi connectivity index (χ0v) is 47.3. The minimum absolute atomic E-state index is 0.182. The maximum absolute atomic E-state index is 13.9. The van der Waals surface area contributed by atoms with Gasteiger partial charge in [-0.25, -0.2) is 36.8 Å². The van der Waals surface area contributed by atoms with Gasteiger partial charge in [-0.1, -0.05) is 12.1 Å². The van der Waals surface area contributed by atoms with Crippen molar-refractivity contribution in [3.05, 3.63) is 144 Å². The normalized spacial score (nSPS) is 13.2. The quantitative estimate of drug-likeness (QED) is 0.0630. The van der Waals surface area contributed by atoms with E-state index >= 15 is 0 Å². The Labute approximate surface area is 454 Å². The molecule has 0 aliphatic carbocycles. The van der Waals surface area contributed by atoms with Gasteiger partial charge in [0.05, 0.1) is 38.9 Å². The van der Waals surface area contributed by atoms with E-state index in [-0.39, 0.29) is 11.6 Å². The van der Waals surface area contributed by atoms with Crippen molar-refractivity contribution >= 4 is 19.7 Å². The Morgan fingerprint density at radius 2 is 0.808 bits per heavy atom. The van der Waals surface area contributed by atoms with E-state index in [1.165, 1.54) is 28.4 Å². The fraction of sp³-hybridized carbons (Fsp3) is 0.370. The van der Waals surface area contributed by atoms with Crippen molar-refractivity contribution in [2.45, 2.75) is 89.6 Å². The minimum atomic E-state index is -3.87. The molecule has 412 valence electrons. The molecule has 22 nitrogen and oxygen atoms in total. The van der Waals surface area contributed by atoms with Gasteiger partial charge in [0.1, 0.15) is 58.1 Å². The molecule has 78 heavy (non-hydrogen) atoms. The number of ether oxygens (including phenoxy) is 6. The molecule has 0 unspecified atom stereocenters. The van der Waals surface area contributed by atoms with Gasteiger partial charge in [0.15, 0.2) is 54.6 Å². The maximum Gasteiger partial charge on any atom is 0.170 e. The van der Waals surface area contributed by atoms with Crippen LogP contribution in [0.1, 0.15) is 85.5 Å². The fourth-order valence-electron chi connectivity index (χ4n) is 8.42. The lowest BCUT2D eigenvalue weighted by Gasteiger charge is -2.23. The Morgan fingerprint density at radius 3 is 1.10 bits per heavy atom. The molecule has 6 aromatic heterocycles. The van der Waals surface area contributed by atoms with E-state index in [0.29, 0.717) is 82.0 Å². The molecule has 6 heterocycles. The maximum atomic E-state index is 13.9. The molecule has 0 fully saturated rings. The van der Waals surface area contributed by atoms with Crippen LogP contribution >= 0.6 is 0 Å². The number of rotatable bonds is 22. The van der Waals surface area contributed by atoms with Crippen LogP contribution < -0.4 is 18.9 Å². The van der Waals surface area contributed by atoms with Gasteiger partial charge in [0, 0.05) is 73.9 Å². The summed E-state index contributed by atoms with van der Waals surface area (Å²) in [5, 5.41) is 15.5. The SMILES string of the molecule is CCO[C@@H](c1ncc(C)cn1)[C@@H](C)S(=O)(=O)Cc1nnc(-c2cncc(C)c2)n1-c1c(OC)cccc1OC.CCO[C@H](c1ncc(C)cn1)[C@H](C)S(=O)(=O)Cc1nnc(-c2cncc(C)c2)n1-c1c(OC)cccc1OC.